The molecular formula is C19H19ClN2O4S2. The third-order valence-electron chi connectivity index (χ3n) is 4.85. The average Bonchev–Trinajstić information content (AvgIpc) is 3.09. The highest BCUT2D eigenvalue weighted by molar-refractivity contribution is 7.91. The first kappa shape index (κ1) is 19.6. The number of rotatable bonds is 4. The normalized spacial score (nSPS) is 16.6. The summed E-state index contributed by atoms with van der Waals surface area (Å²) in [5, 5.41) is 0.911. The molecule has 3 heterocycles. The summed E-state index contributed by atoms with van der Waals surface area (Å²) < 4.78 is 33.0. The number of aryl methyl sites for hydroxylation is 1. The van der Waals surface area contributed by atoms with E-state index < -0.39 is 10.0 Å². The van der Waals surface area contributed by atoms with E-state index in [4.69, 9.17) is 16.0 Å². The van der Waals surface area contributed by atoms with Gasteiger partial charge in [0.2, 0.25) is 0 Å². The van der Waals surface area contributed by atoms with Gasteiger partial charge in [-0.25, -0.2) is 13.2 Å². The maximum absolute atomic E-state index is 12.7. The summed E-state index contributed by atoms with van der Waals surface area (Å²) in [5.41, 5.74) is 2.13. The minimum Gasteiger partial charge on any atom is -0.423 e. The number of hydrogen-bond acceptors (Lipinski definition) is 6. The maximum Gasteiger partial charge on any atom is 0.336 e. The smallest absolute Gasteiger partial charge is 0.336 e. The Morgan fingerprint density at radius 3 is 2.54 bits per heavy atom. The minimum atomic E-state index is -3.51. The predicted octanol–water partition coefficient (Wildman–Crippen LogP) is 3.32. The molecule has 1 fully saturated rings. The fourth-order valence-electron chi connectivity index (χ4n) is 3.40. The summed E-state index contributed by atoms with van der Waals surface area (Å²) in [6.45, 7) is 4.50. The van der Waals surface area contributed by atoms with Crippen LogP contribution in [-0.2, 0) is 16.6 Å². The Bertz CT molecular complexity index is 1180. The van der Waals surface area contributed by atoms with E-state index in [2.05, 4.69) is 4.90 Å². The Hall–Kier alpha value is -1.71. The minimum absolute atomic E-state index is 0.271. The summed E-state index contributed by atoms with van der Waals surface area (Å²) in [7, 11) is -3.51. The van der Waals surface area contributed by atoms with Crippen molar-refractivity contribution >= 4 is 43.9 Å². The summed E-state index contributed by atoms with van der Waals surface area (Å²) >= 11 is 6.96. The van der Waals surface area contributed by atoms with E-state index in [1.54, 1.807) is 12.1 Å². The predicted molar refractivity (Wildman–Crippen MR) is 111 cm³/mol. The van der Waals surface area contributed by atoms with Crippen molar-refractivity contribution in [1.29, 1.82) is 0 Å². The van der Waals surface area contributed by atoms with Crippen molar-refractivity contribution in [2.75, 3.05) is 26.2 Å². The lowest BCUT2D eigenvalue weighted by molar-refractivity contribution is 0.182. The molecule has 0 radical (unpaired) electrons. The molecule has 1 saturated heterocycles. The molecule has 148 valence electrons. The first-order chi connectivity index (χ1) is 13.3. The van der Waals surface area contributed by atoms with Crippen LogP contribution in [0.1, 0.15) is 11.1 Å². The molecule has 0 atom stereocenters. The molecule has 0 bridgehead atoms. The Labute approximate surface area is 172 Å². The molecule has 28 heavy (non-hydrogen) atoms. The fourth-order valence-corrected chi connectivity index (χ4v) is 6.46. The molecule has 0 aliphatic carbocycles. The van der Waals surface area contributed by atoms with Gasteiger partial charge in [-0.1, -0.05) is 23.7 Å². The third-order valence-corrected chi connectivity index (χ3v) is 8.45. The standard InChI is InChI=1S/C19H19ClN2O4S2/c1-13-2-3-15-14(11-18(23)26-16(15)10-13)12-21-6-8-22(9-7-21)28(24,25)19-5-4-17(20)27-19/h2-5,10-11H,6-9,12H2,1H3. The van der Waals surface area contributed by atoms with Crippen LogP contribution in [0.2, 0.25) is 4.34 Å². The van der Waals surface area contributed by atoms with Gasteiger partial charge in [-0.2, -0.15) is 4.31 Å². The van der Waals surface area contributed by atoms with Gasteiger partial charge in [-0.15, -0.1) is 11.3 Å². The van der Waals surface area contributed by atoms with Crippen molar-refractivity contribution in [1.82, 2.24) is 9.21 Å². The number of fused-ring (bicyclic) bond motifs is 1. The van der Waals surface area contributed by atoms with Crippen LogP contribution in [0.4, 0.5) is 0 Å². The molecule has 0 N–H and O–H groups in total. The summed E-state index contributed by atoms with van der Waals surface area (Å²) in [6.07, 6.45) is 0. The van der Waals surface area contributed by atoms with Crippen LogP contribution < -0.4 is 5.63 Å². The highest BCUT2D eigenvalue weighted by Gasteiger charge is 2.29. The van der Waals surface area contributed by atoms with Crippen LogP contribution in [0.5, 0.6) is 0 Å². The number of piperazine rings is 1. The first-order valence-electron chi connectivity index (χ1n) is 8.84. The Kier molecular flexibility index (Phi) is 5.32. The molecule has 2 aromatic heterocycles. The molecule has 0 saturated carbocycles. The molecule has 9 heteroatoms. The van der Waals surface area contributed by atoms with Crippen molar-refractivity contribution < 1.29 is 12.8 Å². The molecule has 0 unspecified atom stereocenters. The molecule has 4 rings (SSSR count). The van der Waals surface area contributed by atoms with Gasteiger partial charge in [-0.3, -0.25) is 4.90 Å². The monoisotopic (exact) mass is 438 g/mol. The molecule has 0 amide bonds. The average molecular weight is 439 g/mol. The second-order valence-electron chi connectivity index (χ2n) is 6.83. The molecule has 3 aromatic rings. The zero-order chi connectivity index (χ0) is 19.9. The van der Waals surface area contributed by atoms with E-state index in [9.17, 15) is 13.2 Å². The van der Waals surface area contributed by atoms with E-state index in [1.807, 2.05) is 25.1 Å². The number of hydrogen-bond donors (Lipinski definition) is 0. The van der Waals surface area contributed by atoms with Crippen molar-refractivity contribution in [3.8, 4) is 0 Å². The van der Waals surface area contributed by atoms with Crippen LogP contribution in [0, 0.1) is 6.92 Å². The highest BCUT2D eigenvalue weighted by atomic mass is 35.5. The fraction of sp³-hybridized carbons (Fsp3) is 0.316. The highest BCUT2D eigenvalue weighted by Crippen LogP contribution is 2.29. The van der Waals surface area contributed by atoms with Crippen molar-refractivity contribution in [2.45, 2.75) is 17.7 Å². The number of sulfonamides is 1. The lowest BCUT2D eigenvalue weighted by atomic mass is 10.1. The van der Waals surface area contributed by atoms with Gasteiger partial charge >= 0.3 is 5.63 Å². The first-order valence-corrected chi connectivity index (χ1v) is 11.5. The zero-order valence-corrected chi connectivity index (χ0v) is 17.6. The topological polar surface area (TPSA) is 70.8 Å². The largest absolute Gasteiger partial charge is 0.423 e. The molecule has 1 aliphatic rings. The van der Waals surface area contributed by atoms with E-state index in [1.165, 1.54) is 10.4 Å². The van der Waals surface area contributed by atoms with Gasteiger partial charge in [-0.05, 0) is 36.2 Å². The van der Waals surface area contributed by atoms with Gasteiger partial charge in [0, 0.05) is 44.2 Å². The second-order valence-corrected chi connectivity index (χ2v) is 10.7. The summed E-state index contributed by atoms with van der Waals surface area (Å²) in [5.74, 6) is 0. The Morgan fingerprint density at radius 2 is 1.86 bits per heavy atom. The molecule has 1 aromatic carbocycles. The van der Waals surface area contributed by atoms with Gasteiger partial charge in [0.25, 0.3) is 10.0 Å². The second kappa shape index (κ2) is 7.61. The lowest BCUT2D eigenvalue weighted by Crippen LogP contribution is -2.48. The lowest BCUT2D eigenvalue weighted by Gasteiger charge is -2.33. The maximum atomic E-state index is 12.7. The number of benzene rings is 1. The van der Waals surface area contributed by atoms with E-state index >= 15 is 0 Å². The molecule has 6 nitrogen and oxygen atoms in total. The van der Waals surface area contributed by atoms with Crippen LogP contribution in [-0.4, -0.2) is 43.8 Å². The number of halogens is 1. The van der Waals surface area contributed by atoms with Gasteiger partial charge in [0.15, 0.2) is 0 Å². The van der Waals surface area contributed by atoms with Gasteiger partial charge in [0.05, 0.1) is 4.34 Å². The van der Waals surface area contributed by atoms with Crippen molar-refractivity contribution in [3.05, 3.63) is 62.3 Å². The van der Waals surface area contributed by atoms with Crippen LogP contribution in [0.25, 0.3) is 11.0 Å². The number of thiophene rings is 1. The van der Waals surface area contributed by atoms with Crippen LogP contribution in [0.15, 0.2) is 49.8 Å². The Balaban J connectivity index is 1.49. The zero-order valence-electron chi connectivity index (χ0n) is 15.2. The number of nitrogens with zero attached hydrogens (tertiary/aromatic N) is 2. The van der Waals surface area contributed by atoms with E-state index in [-0.39, 0.29) is 9.83 Å². The molecule has 1 aliphatic heterocycles. The molecule has 0 spiro atoms. The van der Waals surface area contributed by atoms with Crippen LogP contribution in [0.3, 0.4) is 0 Å². The van der Waals surface area contributed by atoms with E-state index in [0.29, 0.717) is 42.6 Å². The Morgan fingerprint density at radius 1 is 1.11 bits per heavy atom. The van der Waals surface area contributed by atoms with Crippen molar-refractivity contribution in [2.24, 2.45) is 0 Å². The summed E-state index contributed by atoms with van der Waals surface area (Å²) in [6, 6.07) is 10.5. The molecular weight excluding hydrogens is 420 g/mol. The third kappa shape index (κ3) is 3.88. The SMILES string of the molecule is Cc1ccc2c(CN3CCN(S(=O)(=O)c4ccc(Cl)s4)CC3)cc(=O)oc2c1. The van der Waals surface area contributed by atoms with E-state index in [0.717, 1.165) is 27.8 Å². The van der Waals surface area contributed by atoms with Gasteiger partial charge in [0.1, 0.15) is 9.79 Å². The van der Waals surface area contributed by atoms with Crippen molar-refractivity contribution in [3.63, 3.8) is 0 Å². The summed E-state index contributed by atoms with van der Waals surface area (Å²) in [4.78, 5) is 14.1. The quantitative estimate of drug-likeness (QED) is 0.584. The van der Waals surface area contributed by atoms with Crippen LogP contribution >= 0.6 is 22.9 Å². The van der Waals surface area contributed by atoms with Gasteiger partial charge < -0.3 is 4.42 Å².